The molecule has 0 spiro atoms. The first kappa shape index (κ1) is 15.9. The van der Waals surface area contributed by atoms with E-state index < -0.39 is 0 Å². The summed E-state index contributed by atoms with van der Waals surface area (Å²) in [6, 6.07) is 7.92. The number of nitrogens with zero attached hydrogens (tertiary/aromatic N) is 2. The maximum absolute atomic E-state index is 11.2. The van der Waals surface area contributed by atoms with Crippen LogP contribution in [0.25, 0.3) is 0 Å². The number of benzene rings is 1. The number of rotatable bonds is 5. The Morgan fingerprint density at radius 1 is 1.33 bits per heavy atom. The highest BCUT2D eigenvalue weighted by molar-refractivity contribution is 5.41. The van der Waals surface area contributed by atoms with Crippen molar-refractivity contribution in [2.45, 2.75) is 57.7 Å². The van der Waals surface area contributed by atoms with Gasteiger partial charge in [0.25, 0.3) is 5.69 Å². The summed E-state index contributed by atoms with van der Waals surface area (Å²) in [6.45, 7) is 5.09. The molecule has 1 aromatic carbocycles. The van der Waals surface area contributed by atoms with Gasteiger partial charge in [0, 0.05) is 29.8 Å². The van der Waals surface area contributed by atoms with E-state index in [1.807, 2.05) is 12.1 Å². The zero-order valence-corrected chi connectivity index (χ0v) is 12.9. The molecule has 5 heteroatoms. The summed E-state index contributed by atoms with van der Waals surface area (Å²) in [7, 11) is 0. The number of hydrogen-bond acceptors (Lipinski definition) is 4. The van der Waals surface area contributed by atoms with Gasteiger partial charge in [-0.3, -0.25) is 15.0 Å². The second-order valence-corrected chi connectivity index (χ2v) is 5.89. The van der Waals surface area contributed by atoms with Crippen molar-refractivity contribution in [1.29, 1.82) is 0 Å². The van der Waals surface area contributed by atoms with Gasteiger partial charge in [-0.2, -0.15) is 0 Å². The van der Waals surface area contributed by atoms with E-state index in [4.69, 9.17) is 5.73 Å². The van der Waals surface area contributed by atoms with Crippen molar-refractivity contribution in [3.8, 4) is 0 Å². The molecule has 2 N–H and O–H groups in total. The van der Waals surface area contributed by atoms with Crippen LogP contribution in [0, 0.1) is 10.1 Å². The molecule has 1 atom stereocenters. The molecule has 0 radical (unpaired) electrons. The minimum atomic E-state index is -0.281. The van der Waals surface area contributed by atoms with Crippen LogP contribution in [0.5, 0.6) is 0 Å². The molecule has 1 fully saturated rings. The van der Waals surface area contributed by atoms with Crippen LogP contribution in [-0.2, 0) is 0 Å². The average molecular weight is 291 g/mol. The minimum Gasteiger partial charge on any atom is -0.328 e. The summed E-state index contributed by atoms with van der Waals surface area (Å²) >= 11 is 0. The third-order valence-electron chi connectivity index (χ3n) is 4.66. The Bertz CT molecular complexity index is 484. The van der Waals surface area contributed by atoms with E-state index in [0.29, 0.717) is 12.1 Å². The Morgan fingerprint density at radius 2 is 1.95 bits per heavy atom. The molecule has 0 amide bonds. The van der Waals surface area contributed by atoms with Gasteiger partial charge in [0.2, 0.25) is 0 Å². The molecule has 0 heterocycles. The smallest absolute Gasteiger partial charge is 0.274 e. The van der Waals surface area contributed by atoms with Gasteiger partial charge < -0.3 is 5.73 Å². The number of nitrogens with two attached hydrogens (primary N) is 1. The van der Waals surface area contributed by atoms with Crippen LogP contribution in [-0.4, -0.2) is 28.5 Å². The quantitative estimate of drug-likeness (QED) is 0.667. The highest BCUT2D eigenvalue weighted by Gasteiger charge is 2.29. The summed E-state index contributed by atoms with van der Waals surface area (Å²) in [5.41, 5.74) is 7.01. The molecule has 1 aromatic rings. The first-order chi connectivity index (χ1) is 10.0. The van der Waals surface area contributed by atoms with Crippen LogP contribution in [0.1, 0.15) is 51.1 Å². The van der Waals surface area contributed by atoms with Crippen LogP contribution < -0.4 is 5.73 Å². The summed E-state index contributed by atoms with van der Waals surface area (Å²) in [4.78, 5) is 13.3. The molecule has 1 unspecified atom stereocenters. The standard InChI is InChI=1S/C16H25N3O2/c1-3-18(14-10-8-13(17)9-11-14)12(2)15-6-4-5-7-16(15)19(20)21/h4-7,12-14H,3,8-11,17H2,1-2H3. The van der Waals surface area contributed by atoms with Gasteiger partial charge in [-0.15, -0.1) is 0 Å². The minimum absolute atomic E-state index is 0.0518. The Labute approximate surface area is 126 Å². The molecule has 2 rings (SSSR count). The first-order valence-corrected chi connectivity index (χ1v) is 7.79. The number of para-hydroxylation sites is 1. The zero-order chi connectivity index (χ0) is 15.4. The van der Waals surface area contributed by atoms with E-state index in [-0.39, 0.29) is 16.7 Å². The molecule has 0 bridgehead atoms. The second-order valence-electron chi connectivity index (χ2n) is 5.89. The Morgan fingerprint density at radius 3 is 2.52 bits per heavy atom. The Hall–Kier alpha value is -1.46. The molecule has 21 heavy (non-hydrogen) atoms. The van der Waals surface area contributed by atoms with Gasteiger partial charge >= 0.3 is 0 Å². The largest absolute Gasteiger partial charge is 0.328 e. The number of nitro benzene ring substituents is 1. The lowest BCUT2D eigenvalue weighted by Crippen LogP contribution is -2.42. The van der Waals surface area contributed by atoms with Gasteiger partial charge in [0.1, 0.15) is 0 Å². The van der Waals surface area contributed by atoms with Crippen molar-refractivity contribution in [3.63, 3.8) is 0 Å². The third-order valence-corrected chi connectivity index (χ3v) is 4.66. The van der Waals surface area contributed by atoms with E-state index in [9.17, 15) is 10.1 Å². The van der Waals surface area contributed by atoms with E-state index in [2.05, 4.69) is 18.7 Å². The molecule has 116 valence electrons. The summed E-state index contributed by atoms with van der Waals surface area (Å²) in [6.07, 6.45) is 4.26. The predicted molar refractivity (Wildman–Crippen MR) is 84.1 cm³/mol. The lowest BCUT2D eigenvalue weighted by Gasteiger charge is -2.39. The Kier molecular flexibility index (Phi) is 5.31. The molecule has 1 saturated carbocycles. The van der Waals surface area contributed by atoms with Crippen LogP contribution in [0.15, 0.2) is 24.3 Å². The van der Waals surface area contributed by atoms with Crippen LogP contribution in [0.3, 0.4) is 0 Å². The lowest BCUT2D eigenvalue weighted by molar-refractivity contribution is -0.386. The van der Waals surface area contributed by atoms with Crippen molar-refractivity contribution >= 4 is 5.69 Å². The van der Waals surface area contributed by atoms with Gasteiger partial charge in [0.05, 0.1) is 4.92 Å². The fraction of sp³-hybridized carbons (Fsp3) is 0.625. The molecule has 0 aromatic heterocycles. The monoisotopic (exact) mass is 291 g/mol. The van der Waals surface area contributed by atoms with Gasteiger partial charge in [-0.1, -0.05) is 25.1 Å². The normalized spacial score (nSPS) is 24.0. The molecular weight excluding hydrogens is 266 g/mol. The van der Waals surface area contributed by atoms with Crippen molar-refractivity contribution < 1.29 is 4.92 Å². The lowest BCUT2D eigenvalue weighted by atomic mass is 9.89. The average Bonchev–Trinajstić information content (AvgIpc) is 2.49. The van der Waals surface area contributed by atoms with Crippen molar-refractivity contribution in [1.82, 2.24) is 4.90 Å². The van der Waals surface area contributed by atoms with E-state index >= 15 is 0 Å². The van der Waals surface area contributed by atoms with E-state index in [1.165, 1.54) is 0 Å². The van der Waals surface area contributed by atoms with Crippen LogP contribution >= 0.6 is 0 Å². The first-order valence-electron chi connectivity index (χ1n) is 7.79. The molecule has 1 aliphatic carbocycles. The summed E-state index contributed by atoms with van der Waals surface area (Å²) < 4.78 is 0. The van der Waals surface area contributed by atoms with Crippen molar-refractivity contribution in [2.24, 2.45) is 5.73 Å². The van der Waals surface area contributed by atoms with Crippen molar-refractivity contribution in [2.75, 3.05) is 6.54 Å². The maximum Gasteiger partial charge on any atom is 0.274 e. The maximum atomic E-state index is 11.2. The highest BCUT2D eigenvalue weighted by atomic mass is 16.6. The highest BCUT2D eigenvalue weighted by Crippen LogP contribution is 2.33. The Balaban J connectivity index is 2.20. The molecular formula is C16H25N3O2. The molecule has 5 nitrogen and oxygen atoms in total. The fourth-order valence-corrected chi connectivity index (χ4v) is 3.47. The number of hydrogen-bond donors (Lipinski definition) is 1. The van der Waals surface area contributed by atoms with Gasteiger partial charge in [-0.05, 0) is 39.2 Å². The molecule has 0 aliphatic heterocycles. The topological polar surface area (TPSA) is 72.4 Å². The van der Waals surface area contributed by atoms with Gasteiger partial charge in [0.15, 0.2) is 0 Å². The molecule has 0 saturated heterocycles. The summed E-state index contributed by atoms with van der Waals surface area (Å²) in [5.74, 6) is 0. The predicted octanol–water partition coefficient (Wildman–Crippen LogP) is 3.25. The third kappa shape index (κ3) is 3.60. The zero-order valence-electron chi connectivity index (χ0n) is 12.9. The van der Waals surface area contributed by atoms with E-state index in [0.717, 1.165) is 37.8 Å². The van der Waals surface area contributed by atoms with Crippen LogP contribution in [0.2, 0.25) is 0 Å². The van der Waals surface area contributed by atoms with Crippen LogP contribution in [0.4, 0.5) is 5.69 Å². The van der Waals surface area contributed by atoms with Gasteiger partial charge in [-0.25, -0.2) is 0 Å². The van der Waals surface area contributed by atoms with E-state index in [1.54, 1.807) is 12.1 Å². The van der Waals surface area contributed by atoms with Crippen molar-refractivity contribution in [3.05, 3.63) is 39.9 Å². The fourth-order valence-electron chi connectivity index (χ4n) is 3.47. The SMILES string of the molecule is CCN(C1CCC(N)CC1)C(C)c1ccccc1[N+](=O)[O-]. The number of nitro groups is 1. The second kappa shape index (κ2) is 7.00. The molecule has 1 aliphatic rings. The summed E-state index contributed by atoms with van der Waals surface area (Å²) in [5, 5.41) is 11.2.